The van der Waals surface area contributed by atoms with Gasteiger partial charge in [-0.2, -0.15) is 0 Å². The second-order valence-corrected chi connectivity index (χ2v) is 6.62. The minimum Gasteiger partial charge on any atom is -0.465 e. The highest BCUT2D eigenvalue weighted by Crippen LogP contribution is 2.44. The molecule has 0 bridgehead atoms. The molecule has 2 heterocycles. The first-order valence-corrected chi connectivity index (χ1v) is 8.33. The smallest absolute Gasteiger partial charge is 0.407 e. The lowest BCUT2D eigenvalue weighted by atomic mass is 9.69. The standard InChI is InChI=1S/C18H25NO3/c20-17(21)19-12-10-18(11-13-19,16-7-4-14-22-16)9-8-15-5-2-1-3-6-15/h1-3,5-6,16H,4,7-14H2,(H,20,21). The Hall–Kier alpha value is -1.55. The molecule has 2 saturated heterocycles. The second kappa shape index (κ2) is 6.69. The van der Waals surface area contributed by atoms with Crippen molar-refractivity contribution in [1.29, 1.82) is 0 Å². The Labute approximate surface area is 132 Å². The first-order valence-electron chi connectivity index (χ1n) is 8.33. The normalized spacial score (nSPS) is 24.4. The summed E-state index contributed by atoms with van der Waals surface area (Å²) in [5.41, 5.74) is 1.51. The summed E-state index contributed by atoms with van der Waals surface area (Å²) in [6.45, 7) is 2.15. The molecule has 1 atom stereocenters. The van der Waals surface area contributed by atoms with Crippen LogP contribution in [-0.4, -0.2) is 41.9 Å². The van der Waals surface area contributed by atoms with E-state index >= 15 is 0 Å². The topological polar surface area (TPSA) is 49.8 Å². The van der Waals surface area contributed by atoms with Crippen molar-refractivity contribution in [3.63, 3.8) is 0 Å². The number of nitrogens with zero attached hydrogens (tertiary/aromatic N) is 1. The highest BCUT2D eigenvalue weighted by molar-refractivity contribution is 5.65. The van der Waals surface area contributed by atoms with Crippen molar-refractivity contribution in [2.24, 2.45) is 5.41 Å². The fourth-order valence-corrected chi connectivity index (χ4v) is 3.97. The van der Waals surface area contributed by atoms with Gasteiger partial charge in [0.1, 0.15) is 0 Å². The van der Waals surface area contributed by atoms with E-state index in [9.17, 15) is 9.90 Å². The summed E-state index contributed by atoms with van der Waals surface area (Å²) in [6.07, 6.45) is 5.79. The maximum atomic E-state index is 11.2. The van der Waals surface area contributed by atoms with Gasteiger partial charge in [-0.3, -0.25) is 0 Å². The molecule has 1 N–H and O–H groups in total. The molecule has 2 aliphatic heterocycles. The Balaban J connectivity index is 1.69. The van der Waals surface area contributed by atoms with Gasteiger partial charge in [0.15, 0.2) is 0 Å². The fraction of sp³-hybridized carbons (Fsp3) is 0.611. The number of carboxylic acid groups (broad SMARTS) is 1. The van der Waals surface area contributed by atoms with Gasteiger partial charge >= 0.3 is 6.09 Å². The number of rotatable bonds is 4. The van der Waals surface area contributed by atoms with Crippen LogP contribution in [0.15, 0.2) is 30.3 Å². The summed E-state index contributed by atoms with van der Waals surface area (Å²) < 4.78 is 6.01. The van der Waals surface area contributed by atoms with Gasteiger partial charge in [0.2, 0.25) is 0 Å². The minimum atomic E-state index is -0.788. The number of carbonyl (C=O) groups is 1. The van der Waals surface area contributed by atoms with Crippen molar-refractivity contribution < 1.29 is 14.6 Å². The van der Waals surface area contributed by atoms with Gasteiger partial charge in [-0.15, -0.1) is 0 Å². The van der Waals surface area contributed by atoms with E-state index in [1.165, 1.54) is 5.56 Å². The number of aryl methyl sites for hydroxylation is 1. The highest BCUT2D eigenvalue weighted by atomic mass is 16.5. The van der Waals surface area contributed by atoms with E-state index in [1.54, 1.807) is 4.90 Å². The maximum absolute atomic E-state index is 11.2. The number of likely N-dealkylation sites (tertiary alicyclic amines) is 1. The SMILES string of the molecule is O=C(O)N1CCC(CCc2ccccc2)(C2CCCO2)CC1. The van der Waals surface area contributed by atoms with Crippen molar-refractivity contribution in [3.8, 4) is 0 Å². The zero-order chi connectivity index (χ0) is 15.4. The van der Waals surface area contributed by atoms with Gasteiger partial charge in [0, 0.05) is 25.1 Å². The number of hydrogen-bond acceptors (Lipinski definition) is 2. The van der Waals surface area contributed by atoms with Crippen LogP contribution in [0.5, 0.6) is 0 Å². The summed E-state index contributed by atoms with van der Waals surface area (Å²) in [7, 11) is 0. The Morgan fingerprint density at radius 2 is 2.00 bits per heavy atom. The van der Waals surface area contributed by atoms with E-state index in [0.717, 1.165) is 45.1 Å². The van der Waals surface area contributed by atoms with E-state index in [4.69, 9.17) is 4.74 Å². The number of benzene rings is 1. The summed E-state index contributed by atoms with van der Waals surface area (Å²) in [4.78, 5) is 12.7. The number of piperidine rings is 1. The van der Waals surface area contributed by atoms with Crippen LogP contribution in [0.1, 0.15) is 37.7 Å². The van der Waals surface area contributed by atoms with Crippen LogP contribution in [-0.2, 0) is 11.2 Å². The van der Waals surface area contributed by atoms with Crippen molar-refractivity contribution in [1.82, 2.24) is 4.90 Å². The van der Waals surface area contributed by atoms with E-state index < -0.39 is 6.09 Å². The fourth-order valence-electron chi connectivity index (χ4n) is 3.97. The van der Waals surface area contributed by atoms with Crippen molar-refractivity contribution in [2.45, 2.75) is 44.6 Å². The molecule has 4 heteroatoms. The quantitative estimate of drug-likeness (QED) is 0.925. The number of ether oxygens (including phenoxy) is 1. The predicted octanol–water partition coefficient (Wildman–Crippen LogP) is 3.56. The monoisotopic (exact) mass is 303 g/mol. The maximum Gasteiger partial charge on any atom is 0.407 e. The van der Waals surface area contributed by atoms with Gasteiger partial charge in [-0.25, -0.2) is 4.79 Å². The third-order valence-corrected chi connectivity index (χ3v) is 5.40. The average molecular weight is 303 g/mol. The lowest BCUT2D eigenvalue weighted by molar-refractivity contribution is -0.0414. The molecule has 1 amide bonds. The Bertz CT molecular complexity index is 488. The van der Waals surface area contributed by atoms with Gasteiger partial charge in [-0.05, 0) is 44.1 Å². The molecule has 0 radical (unpaired) electrons. The largest absolute Gasteiger partial charge is 0.465 e. The summed E-state index contributed by atoms with van der Waals surface area (Å²) in [5.74, 6) is 0. The number of amides is 1. The molecule has 120 valence electrons. The van der Waals surface area contributed by atoms with Gasteiger partial charge < -0.3 is 14.7 Å². The molecule has 0 aliphatic carbocycles. The predicted molar refractivity (Wildman–Crippen MR) is 85.0 cm³/mol. The molecule has 4 nitrogen and oxygen atoms in total. The van der Waals surface area contributed by atoms with Gasteiger partial charge in [0.05, 0.1) is 6.10 Å². The van der Waals surface area contributed by atoms with E-state index in [1.807, 2.05) is 6.07 Å². The van der Waals surface area contributed by atoms with Gasteiger partial charge in [-0.1, -0.05) is 30.3 Å². The molecule has 1 aromatic carbocycles. The van der Waals surface area contributed by atoms with E-state index in [-0.39, 0.29) is 5.41 Å². The van der Waals surface area contributed by atoms with Crippen LogP contribution in [0.4, 0.5) is 4.79 Å². The van der Waals surface area contributed by atoms with E-state index in [0.29, 0.717) is 19.2 Å². The van der Waals surface area contributed by atoms with Crippen LogP contribution in [0.2, 0.25) is 0 Å². The third-order valence-electron chi connectivity index (χ3n) is 5.40. The third kappa shape index (κ3) is 3.27. The molecule has 0 spiro atoms. The van der Waals surface area contributed by atoms with E-state index in [2.05, 4.69) is 24.3 Å². The number of hydrogen-bond donors (Lipinski definition) is 1. The van der Waals surface area contributed by atoms with Crippen molar-refractivity contribution in [3.05, 3.63) is 35.9 Å². The zero-order valence-corrected chi connectivity index (χ0v) is 13.0. The van der Waals surface area contributed by atoms with Crippen molar-refractivity contribution >= 4 is 6.09 Å². The van der Waals surface area contributed by atoms with Gasteiger partial charge in [0.25, 0.3) is 0 Å². The summed E-state index contributed by atoms with van der Waals surface area (Å²) in [6, 6.07) is 10.6. The van der Waals surface area contributed by atoms with Crippen LogP contribution >= 0.6 is 0 Å². The first-order chi connectivity index (χ1) is 10.7. The average Bonchev–Trinajstić information content (AvgIpc) is 3.09. The Morgan fingerprint density at radius 3 is 2.59 bits per heavy atom. The van der Waals surface area contributed by atoms with Crippen LogP contribution in [0.3, 0.4) is 0 Å². The molecule has 2 fully saturated rings. The van der Waals surface area contributed by atoms with Crippen LogP contribution < -0.4 is 0 Å². The van der Waals surface area contributed by atoms with Crippen molar-refractivity contribution in [2.75, 3.05) is 19.7 Å². The Morgan fingerprint density at radius 1 is 1.27 bits per heavy atom. The lowest BCUT2D eigenvalue weighted by Crippen LogP contribution is -2.47. The molecule has 0 saturated carbocycles. The molecular formula is C18H25NO3. The molecule has 22 heavy (non-hydrogen) atoms. The highest BCUT2D eigenvalue weighted by Gasteiger charge is 2.43. The summed E-state index contributed by atoms with van der Waals surface area (Å²) >= 11 is 0. The molecule has 2 aliphatic rings. The molecule has 1 unspecified atom stereocenters. The minimum absolute atomic E-state index is 0.151. The van der Waals surface area contributed by atoms with Crippen LogP contribution in [0.25, 0.3) is 0 Å². The Kier molecular flexibility index (Phi) is 4.67. The second-order valence-electron chi connectivity index (χ2n) is 6.62. The van der Waals surface area contributed by atoms with Crippen LogP contribution in [0, 0.1) is 5.41 Å². The lowest BCUT2D eigenvalue weighted by Gasteiger charge is -2.44. The zero-order valence-electron chi connectivity index (χ0n) is 13.0. The first kappa shape index (κ1) is 15.3. The molecular weight excluding hydrogens is 278 g/mol. The molecule has 1 aromatic rings. The molecule has 3 rings (SSSR count). The summed E-state index contributed by atoms with van der Waals surface area (Å²) in [5, 5.41) is 9.18. The molecule has 0 aromatic heterocycles.